The first kappa shape index (κ1) is 17.6. The van der Waals surface area contributed by atoms with Crippen LogP contribution in [0.1, 0.15) is 43.5 Å². The van der Waals surface area contributed by atoms with E-state index in [9.17, 15) is 14.4 Å². The molecule has 0 bridgehead atoms. The van der Waals surface area contributed by atoms with Crippen LogP contribution in [-0.4, -0.2) is 22.9 Å². The Hall–Kier alpha value is -2.43. The highest BCUT2D eigenvalue weighted by Crippen LogP contribution is 2.20. The fraction of sp³-hybridized carbons (Fsp3) is 0.353. The molecule has 2 N–H and O–H groups in total. The molecule has 0 atom stereocenters. The van der Waals surface area contributed by atoms with Gasteiger partial charge in [0.05, 0.1) is 5.56 Å². The molecule has 0 aliphatic carbocycles. The topological polar surface area (TPSA) is 83.5 Å². The molecular formula is C17H21NO4. The summed E-state index contributed by atoms with van der Waals surface area (Å²) in [6, 6.07) is 8.30. The predicted octanol–water partition coefficient (Wildman–Crippen LogP) is 2.78. The van der Waals surface area contributed by atoms with Crippen molar-refractivity contribution < 1.29 is 19.5 Å². The van der Waals surface area contributed by atoms with Crippen molar-refractivity contribution in [1.82, 2.24) is 5.32 Å². The number of carboxylic acid groups (broad SMARTS) is 1. The Morgan fingerprint density at radius 1 is 1.14 bits per heavy atom. The third-order valence-electron chi connectivity index (χ3n) is 3.52. The van der Waals surface area contributed by atoms with Gasteiger partial charge in [0.2, 0.25) is 0 Å². The summed E-state index contributed by atoms with van der Waals surface area (Å²) >= 11 is 0. The molecule has 118 valence electrons. The van der Waals surface area contributed by atoms with Crippen LogP contribution in [0.25, 0.3) is 0 Å². The smallest absolute Gasteiger partial charge is 0.335 e. The summed E-state index contributed by atoms with van der Waals surface area (Å²) in [5.74, 6) is -0.846. The van der Waals surface area contributed by atoms with Gasteiger partial charge in [0.1, 0.15) is 0 Å². The van der Waals surface area contributed by atoms with E-state index in [4.69, 9.17) is 5.11 Å². The lowest BCUT2D eigenvalue weighted by Crippen LogP contribution is -2.22. The van der Waals surface area contributed by atoms with Gasteiger partial charge in [-0.2, -0.15) is 0 Å². The molecular weight excluding hydrogens is 282 g/mol. The van der Waals surface area contributed by atoms with Crippen molar-refractivity contribution in [3.05, 3.63) is 47.5 Å². The van der Waals surface area contributed by atoms with Gasteiger partial charge in [0.25, 0.3) is 11.8 Å². The van der Waals surface area contributed by atoms with Crippen molar-refractivity contribution in [2.24, 2.45) is 5.92 Å². The molecule has 0 radical (unpaired) electrons. The minimum atomic E-state index is -0.879. The molecule has 2 amide bonds. The molecule has 1 aromatic rings. The number of imide groups is 1. The molecule has 0 aromatic heterocycles. The maximum absolute atomic E-state index is 11.2. The van der Waals surface area contributed by atoms with E-state index in [1.165, 1.54) is 6.08 Å². The first-order valence-electron chi connectivity index (χ1n) is 7.32. The second kappa shape index (κ2) is 8.77. The highest BCUT2D eigenvalue weighted by molar-refractivity contribution is 6.16. The summed E-state index contributed by atoms with van der Waals surface area (Å²) in [7, 11) is 0. The van der Waals surface area contributed by atoms with Gasteiger partial charge in [-0.15, -0.1) is 0 Å². The summed E-state index contributed by atoms with van der Waals surface area (Å²) in [5.41, 5.74) is 0.969. The van der Waals surface area contributed by atoms with Crippen molar-refractivity contribution in [3.63, 3.8) is 0 Å². The molecule has 2 rings (SSSR count). The lowest BCUT2D eigenvalue weighted by Gasteiger charge is -2.10. The van der Waals surface area contributed by atoms with Crippen molar-refractivity contribution >= 4 is 17.8 Å². The predicted molar refractivity (Wildman–Crippen MR) is 83.3 cm³/mol. The second-order valence-corrected chi connectivity index (χ2v) is 5.05. The van der Waals surface area contributed by atoms with Crippen LogP contribution in [-0.2, 0) is 9.59 Å². The van der Waals surface area contributed by atoms with E-state index in [0.717, 1.165) is 19.3 Å². The minimum Gasteiger partial charge on any atom is -0.478 e. The zero-order chi connectivity index (χ0) is 16.5. The minimum absolute atomic E-state index is 0.211. The standard InChI is InChI=1S/C10H15NO2.C7H6O2/c1-3-7(4-2)5-8-6-9(12)11-10(8)13;8-7(9)6-4-2-1-3-5-6/h6-7H,3-5H2,1-2H3,(H,11,12,13);1-5H,(H,8,9). The van der Waals surface area contributed by atoms with E-state index >= 15 is 0 Å². The highest BCUT2D eigenvalue weighted by atomic mass is 16.4. The lowest BCUT2D eigenvalue weighted by atomic mass is 9.95. The van der Waals surface area contributed by atoms with Crippen LogP contribution in [0.3, 0.4) is 0 Å². The fourth-order valence-electron chi connectivity index (χ4n) is 2.07. The van der Waals surface area contributed by atoms with Gasteiger partial charge in [-0.1, -0.05) is 44.9 Å². The molecule has 0 spiro atoms. The van der Waals surface area contributed by atoms with Crippen molar-refractivity contribution in [1.29, 1.82) is 0 Å². The van der Waals surface area contributed by atoms with Gasteiger partial charge < -0.3 is 5.11 Å². The normalized spacial score (nSPS) is 13.3. The van der Waals surface area contributed by atoms with Gasteiger partial charge in [0, 0.05) is 11.6 Å². The number of hydrogen-bond acceptors (Lipinski definition) is 3. The van der Waals surface area contributed by atoms with Crippen LogP contribution in [0.4, 0.5) is 0 Å². The maximum Gasteiger partial charge on any atom is 0.335 e. The highest BCUT2D eigenvalue weighted by Gasteiger charge is 2.22. The Kier molecular flexibility index (Phi) is 7.02. The number of carbonyl (C=O) groups excluding carboxylic acids is 2. The first-order chi connectivity index (χ1) is 10.5. The molecule has 1 aliphatic heterocycles. The van der Waals surface area contributed by atoms with Crippen LogP contribution in [0.2, 0.25) is 0 Å². The van der Waals surface area contributed by atoms with Gasteiger partial charge in [-0.05, 0) is 24.5 Å². The van der Waals surface area contributed by atoms with Crippen molar-refractivity contribution in [3.8, 4) is 0 Å². The van der Waals surface area contributed by atoms with E-state index in [1.54, 1.807) is 30.3 Å². The number of carbonyl (C=O) groups is 3. The lowest BCUT2D eigenvalue weighted by molar-refractivity contribution is -0.123. The molecule has 22 heavy (non-hydrogen) atoms. The average Bonchev–Trinajstić information content (AvgIpc) is 2.84. The van der Waals surface area contributed by atoms with Crippen LogP contribution >= 0.6 is 0 Å². The van der Waals surface area contributed by atoms with Crippen LogP contribution in [0.15, 0.2) is 42.0 Å². The van der Waals surface area contributed by atoms with Crippen LogP contribution in [0.5, 0.6) is 0 Å². The quantitative estimate of drug-likeness (QED) is 0.819. The summed E-state index contributed by atoms with van der Waals surface area (Å²) in [6.07, 6.45) is 4.25. The van der Waals surface area contributed by atoms with E-state index < -0.39 is 5.97 Å². The average molecular weight is 303 g/mol. The first-order valence-corrected chi connectivity index (χ1v) is 7.32. The monoisotopic (exact) mass is 303 g/mol. The number of benzene rings is 1. The number of carboxylic acids is 1. The van der Waals surface area contributed by atoms with E-state index in [2.05, 4.69) is 19.2 Å². The number of amides is 2. The molecule has 0 saturated heterocycles. The van der Waals surface area contributed by atoms with E-state index in [0.29, 0.717) is 17.1 Å². The number of aromatic carboxylic acids is 1. The van der Waals surface area contributed by atoms with Crippen LogP contribution in [0, 0.1) is 5.92 Å². The number of rotatable bonds is 5. The summed E-state index contributed by atoms with van der Waals surface area (Å²) < 4.78 is 0. The molecule has 1 aromatic carbocycles. The van der Waals surface area contributed by atoms with Gasteiger partial charge in [0.15, 0.2) is 0 Å². The number of hydrogen-bond donors (Lipinski definition) is 2. The third-order valence-corrected chi connectivity index (χ3v) is 3.52. The molecule has 5 nitrogen and oxygen atoms in total. The second-order valence-electron chi connectivity index (χ2n) is 5.05. The van der Waals surface area contributed by atoms with Gasteiger partial charge >= 0.3 is 5.97 Å². The molecule has 0 unspecified atom stereocenters. The maximum atomic E-state index is 11.2. The van der Waals surface area contributed by atoms with Crippen molar-refractivity contribution in [2.75, 3.05) is 0 Å². The van der Waals surface area contributed by atoms with E-state index in [-0.39, 0.29) is 11.8 Å². The Balaban J connectivity index is 0.000000235. The summed E-state index contributed by atoms with van der Waals surface area (Å²) in [4.78, 5) is 32.2. The third kappa shape index (κ3) is 5.52. The van der Waals surface area contributed by atoms with Gasteiger partial charge in [-0.25, -0.2) is 4.79 Å². The largest absolute Gasteiger partial charge is 0.478 e. The van der Waals surface area contributed by atoms with Crippen molar-refractivity contribution in [2.45, 2.75) is 33.1 Å². The SMILES string of the molecule is CCC(CC)CC1=CC(=O)NC1=O.O=C(O)c1ccccc1. The molecule has 0 saturated carbocycles. The van der Waals surface area contributed by atoms with Crippen LogP contribution < -0.4 is 5.32 Å². The van der Waals surface area contributed by atoms with E-state index in [1.807, 2.05) is 0 Å². The number of nitrogens with one attached hydrogen (secondary N) is 1. The molecule has 1 aliphatic rings. The molecule has 0 fully saturated rings. The summed E-state index contributed by atoms with van der Waals surface area (Å²) in [6.45, 7) is 4.20. The Morgan fingerprint density at radius 3 is 2.09 bits per heavy atom. The fourth-order valence-corrected chi connectivity index (χ4v) is 2.07. The Bertz CT molecular complexity index is 559. The Labute approximate surface area is 130 Å². The molecule has 5 heteroatoms. The summed E-state index contributed by atoms with van der Waals surface area (Å²) in [5, 5.41) is 10.6. The zero-order valence-corrected chi connectivity index (χ0v) is 12.8. The molecule has 1 heterocycles. The zero-order valence-electron chi connectivity index (χ0n) is 12.8. The Morgan fingerprint density at radius 2 is 1.73 bits per heavy atom. The van der Waals surface area contributed by atoms with Gasteiger partial charge in [-0.3, -0.25) is 14.9 Å².